The van der Waals surface area contributed by atoms with Crippen LogP contribution in [-0.4, -0.2) is 22.5 Å². The van der Waals surface area contributed by atoms with Crippen LogP contribution in [0.15, 0.2) is 41.8 Å². The number of nitrogens with one attached hydrogen (secondary N) is 1. The lowest BCUT2D eigenvalue weighted by Gasteiger charge is -2.10. The molecule has 2 rings (SSSR count). The molecule has 0 spiro atoms. The molecule has 0 aliphatic rings. The second-order valence-corrected chi connectivity index (χ2v) is 5.41. The molecule has 1 heterocycles. The Bertz CT molecular complexity index is 610. The van der Waals surface area contributed by atoms with Crippen molar-refractivity contribution in [2.45, 2.75) is 12.5 Å². The molecule has 1 aromatic heterocycles. The van der Waals surface area contributed by atoms with E-state index in [0.717, 1.165) is 4.88 Å². The Morgan fingerprint density at radius 3 is 2.62 bits per heavy atom. The molecule has 0 fully saturated rings. The minimum absolute atomic E-state index is 0.00715. The molecule has 7 heteroatoms. The van der Waals surface area contributed by atoms with Crippen LogP contribution in [0.2, 0.25) is 0 Å². The molecular weight excluding hydrogens is 292 g/mol. The van der Waals surface area contributed by atoms with Crippen molar-refractivity contribution in [2.24, 2.45) is 0 Å². The van der Waals surface area contributed by atoms with Crippen LogP contribution in [-0.2, 0) is 11.2 Å². The normalized spacial score (nSPS) is 11.9. The third kappa shape index (κ3) is 4.37. The van der Waals surface area contributed by atoms with Crippen molar-refractivity contribution in [1.82, 2.24) is 5.32 Å². The maximum absolute atomic E-state index is 11.8. The molecule has 2 aromatic rings. The van der Waals surface area contributed by atoms with E-state index in [4.69, 9.17) is 0 Å². The Balaban J connectivity index is 1.83. The monoisotopic (exact) mass is 306 g/mol. The minimum Gasteiger partial charge on any atom is -0.386 e. The van der Waals surface area contributed by atoms with Crippen LogP contribution < -0.4 is 5.32 Å². The number of hydrogen-bond donors (Lipinski definition) is 2. The third-order valence-electron chi connectivity index (χ3n) is 2.88. The van der Waals surface area contributed by atoms with Gasteiger partial charge in [0.1, 0.15) is 6.10 Å². The second kappa shape index (κ2) is 6.96. The largest absolute Gasteiger partial charge is 0.386 e. The molecule has 0 saturated carbocycles. The molecule has 0 saturated heterocycles. The number of hydrogen-bond acceptors (Lipinski definition) is 5. The molecule has 1 atom stereocenters. The number of non-ortho nitro benzene ring substituents is 1. The minimum atomic E-state index is -0.717. The van der Waals surface area contributed by atoms with Gasteiger partial charge in [-0.25, -0.2) is 0 Å². The van der Waals surface area contributed by atoms with E-state index < -0.39 is 11.0 Å². The van der Waals surface area contributed by atoms with E-state index in [9.17, 15) is 20.0 Å². The first-order valence-corrected chi connectivity index (χ1v) is 7.15. The van der Waals surface area contributed by atoms with Crippen LogP contribution in [0.1, 0.15) is 16.5 Å². The van der Waals surface area contributed by atoms with Crippen molar-refractivity contribution in [3.8, 4) is 0 Å². The molecular formula is C14H14N2O4S. The van der Waals surface area contributed by atoms with E-state index in [1.54, 1.807) is 18.2 Å². The lowest BCUT2D eigenvalue weighted by Crippen LogP contribution is -2.29. The molecule has 21 heavy (non-hydrogen) atoms. The number of benzene rings is 1. The Morgan fingerprint density at radius 2 is 2.05 bits per heavy atom. The summed E-state index contributed by atoms with van der Waals surface area (Å²) in [7, 11) is 0. The summed E-state index contributed by atoms with van der Waals surface area (Å²) < 4.78 is 0. The number of carbonyl (C=O) groups excluding carboxylic acids is 1. The van der Waals surface area contributed by atoms with Crippen LogP contribution >= 0.6 is 11.3 Å². The third-order valence-corrected chi connectivity index (χ3v) is 3.85. The van der Waals surface area contributed by atoms with Gasteiger partial charge in [-0.15, -0.1) is 11.3 Å². The molecule has 0 radical (unpaired) electrons. The fourth-order valence-corrected chi connectivity index (χ4v) is 2.49. The van der Waals surface area contributed by atoms with E-state index in [-0.39, 0.29) is 24.6 Å². The molecule has 0 aliphatic heterocycles. The number of carbonyl (C=O) groups is 1. The fraction of sp³-hybridized carbons (Fsp3) is 0.214. The summed E-state index contributed by atoms with van der Waals surface area (Å²) in [6.45, 7) is 0.145. The quantitative estimate of drug-likeness (QED) is 0.631. The Hall–Kier alpha value is -2.25. The standard InChI is InChI=1S/C14H14N2O4S/c17-12(13-2-1-7-21-13)9-15-14(18)8-10-3-5-11(6-4-10)16(19)20/h1-7,12,17H,8-9H2,(H,15,18). The topological polar surface area (TPSA) is 92.5 Å². The summed E-state index contributed by atoms with van der Waals surface area (Å²) in [5, 5.41) is 24.9. The Labute approximate surface area is 125 Å². The van der Waals surface area contributed by atoms with Crippen molar-refractivity contribution in [2.75, 3.05) is 6.54 Å². The number of rotatable bonds is 6. The van der Waals surface area contributed by atoms with Crippen molar-refractivity contribution in [1.29, 1.82) is 0 Å². The summed E-state index contributed by atoms with van der Waals surface area (Å²) >= 11 is 1.43. The Kier molecular flexibility index (Phi) is 5.02. The molecule has 0 bridgehead atoms. The summed E-state index contributed by atoms with van der Waals surface area (Å²) in [6.07, 6.45) is -0.597. The summed E-state index contributed by atoms with van der Waals surface area (Å²) in [5.41, 5.74) is 0.677. The molecule has 1 unspecified atom stereocenters. The summed E-state index contributed by atoms with van der Waals surface area (Å²) in [5.74, 6) is -0.237. The average molecular weight is 306 g/mol. The highest BCUT2D eigenvalue weighted by atomic mass is 32.1. The average Bonchev–Trinajstić information content (AvgIpc) is 2.99. The molecule has 1 aromatic carbocycles. The molecule has 0 aliphatic carbocycles. The van der Waals surface area contributed by atoms with E-state index in [1.807, 2.05) is 11.4 Å². The maximum Gasteiger partial charge on any atom is 0.269 e. The number of amides is 1. The summed E-state index contributed by atoms with van der Waals surface area (Å²) in [4.78, 5) is 22.6. The number of aliphatic hydroxyl groups excluding tert-OH is 1. The number of aliphatic hydroxyl groups is 1. The molecule has 1 amide bonds. The van der Waals surface area contributed by atoms with Crippen LogP contribution in [0.3, 0.4) is 0 Å². The molecule has 110 valence electrons. The first-order valence-electron chi connectivity index (χ1n) is 6.28. The van der Waals surface area contributed by atoms with E-state index in [0.29, 0.717) is 5.56 Å². The van der Waals surface area contributed by atoms with Crippen molar-refractivity contribution in [3.63, 3.8) is 0 Å². The predicted molar refractivity (Wildman–Crippen MR) is 79.1 cm³/mol. The Morgan fingerprint density at radius 1 is 1.33 bits per heavy atom. The number of nitro groups is 1. The van der Waals surface area contributed by atoms with Gasteiger partial charge in [-0.2, -0.15) is 0 Å². The van der Waals surface area contributed by atoms with E-state index >= 15 is 0 Å². The maximum atomic E-state index is 11.8. The van der Waals surface area contributed by atoms with Crippen molar-refractivity contribution >= 4 is 22.9 Å². The SMILES string of the molecule is O=C(Cc1ccc([N+](=O)[O-])cc1)NCC(O)c1cccs1. The number of nitro benzene ring substituents is 1. The second-order valence-electron chi connectivity index (χ2n) is 4.44. The van der Waals surface area contributed by atoms with Gasteiger partial charge in [-0.1, -0.05) is 18.2 Å². The lowest BCUT2D eigenvalue weighted by atomic mass is 10.1. The molecule has 6 nitrogen and oxygen atoms in total. The van der Waals surface area contributed by atoms with Crippen molar-refractivity contribution in [3.05, 3.63) is 62.3 Å². The highest BCUT2D eigenvalue weighted by Crippen LogP contribution is 2.17. The first-order chi connectivity index (χ1) is 10.1. The first kappa shape index (κ1) is 15.1. The van der Waals surface area contributed by atoms with Gasteiger partial charge in [0.05, 0.1) is 11.3 Å². The number of nitrogens with zero attached hydrogens (tertiary/aromatic N) is 1. The van der Waals surface area contributed by atoms with Gasteiger partial charge in [-0.3, -0.25) is 14.9 Å². The zero-order valence-corrected chi connectivity index (χ0v) is 11.9. The van der Waals surface area contributed by atoms with Gasteiger partial charge in [0.25, 0.3) is 5.69 Å². The van der Waals surface area contributed by atoms with Crippen LogP contribution in [0.25, 0.3) is 0 Å². The van der Waals surface area contributed by atoms with Gasteiger partial charge in [0.15, 0.2) is 0 Å². The predicted octanol–water partition coefficient (Wildman–Crippen LogP) is 2.05. The van der Waals surface area contributed by atoms with Crippen LogP contribution in [0.4, 0.5) is 5.69 Å². The van der Waals surface area contributed by atoms with E-state index in [2.05, 4.69) is 5.32 Å². The van der Waals surface area contributed by atoms with Gasteiger partial charge in [-0.05, 0) is 17.0 Å². The summed E-state index contributed by atoms with van der Waals surface area (Å²) in [6, 6.07) is 9.47. The fourth-order valence-electron chi connectivity index (χ4n) is 1.78. The van der Waals surface area contributed by atoms with Gasteiger partial charge in [0.2, 0.25) is 5.91 Å². The smallest absolute Gasteiger partial charge is 0.269 e. The zero-order valence-electron chi connectivity index (χ0n) is 11.1. The van der Waals surface area contributed by atoms with Gasteiger partial charge >= 0.3 is 0 Å². The zero-order chi connectivity index (χ0) is 15.2. The van der Waals surface area contributed by atoms with Crippen LogP contribution in [0.5, 0.6) is 0 Å². The number of thiophene rings is 1. The van der Waals surface area contributed by atoms with Gasteiger partial charge in [0, 0.05) is 23.6 Å². The van der Waals surface area contributed by atoms with Crippen molar-refractivity contribution < 1.29 is 14.8 Å². The van der Waals surface area contributed by atoms with Gasteiger partial charge < -0.3 is 10.4 Å². The van der Waals surface area contributed by atoms with E-state index in [1.165, 1.54) is 23.5 Å². The highest BCUT2D eigenvalue weighted by molar-refractivity contribution is 7.10. The lowest BCUT2D eigenvalue weighted by molar-refractivity contribution is -0.384. The molecule has 2 N–H and O–H groups in total. The highest BCUT2D eigenvalue weighted by Gasteiger charge is 2.11. The van der Waals surface area contributed by atoms with Crippen LogP contribution in [0, 0.1) is 10.1 Å².